The van der Waals surface area contributed by atoms with Gasteiger partial charge in [-0.05, 0) is 51.0 Å². The predicted molar refractivity (Wildman–Crippen MR) is 79.2 cm³/mol. The van der Waals surface area contributed by atoms with Gasteiger partial charge in [0.25, 0.3) is 0 Å². The van der Waals surface area contributed by atoms with Gasteiger partial charge in [0.1, 0.15) is 11.4 Å². The van der Waals surface area contributed by atoms with Gasteiger partial charge >= 0.3 is 6.09 Å². The van der Waals surface area contributed by atoms with Crippen molar-refractivity contribution in [3.8, 4) is 0 Å². The number of nitrogens with zero attached hydrogens (tertiary/aromatic N) is 1. The molecule has 0 radical (unpaired) electrons. The summed E-state index contributed by atoms with van der Waals surface area (Å²) >= 11 is 0. The van der Waals surface area contributed by atoms with Gasteiger partial charge in [0.05, 0.1) is 12.3 Å². The average molecular weight is 295 g/mol. The molecule has 1 amide bonds. The lowest BCUT2D eigenvalue weighted by Crippen LogP contribution is -2.41. The summed E-state index contributed by atoms with van der Waals surface area (Å²) in [5, 5.41) is 0. The minimum absolute atomic E-state index is 0.0967. The van der Waals surface area contributed by atoms with Crippen LogP contribution in [0.25, 0.3) is 0 Å². The zero-order valence-corrected chi connectivity index (χ0v) is 13.0. The van der Waals surface area contributed by atoms with E-state index < -0.39 is 11.7 Å². The highest BCUT2D eigenvalue weighted by Gasteiger charge is 2.31. The first-order valence-electron chi connectivity index (χ1n) is 7.10. The summed E-state index contributed by atoms with van der Waals surface area (Å²) in [6.07, 6.45) is 0.329. The van der Waals surface area contributed by atoms with Gasteiger partial charge < -0.3 is 9.47 Å². The molecule has 1 aliphatic rings. The van der Waals surface area contributed by atoms with E-state index in [1.165, 1.54) is 12.1 Å². The summed E-state index contributed by atoms with van der Waals surface area (Å²) in [6.45, 7) is 6.54. The molecule has 1 heterocycles. The minimum atomic E-state index is -0.555. The lowest BCUT2D eigenvalue weighted by molar-refractivity contribution is 0.0573. The Morgan fingerprint density at radius 2 is 2.14 bits per heavy atom. The Labute approximate surface area is 124 Å². The molecule has 1 aromatic carbocycles. The van der Waals surface area contributed by atoms with E-state index in [0.717, 1.165) is 12.0 Å². The maximum atomic E-state index is 13.5. The Morgan fingerprint density at radius 1 is 1.43 bits per heavy atom. The maximum absolute atomic E-state index is 13.5. The molecule has 0 aliphatic carbocycles. The highest BCUT2D eigenvalue weighted by atomic mass is 19.1. The Bertz CT molecular complexity index is 525. The molecule has 1 atom stereocenters. The molecule has 5 heteroatoms. The second kappa shape index (κ2) is 6.02. The lowest BCUT2D eigenvalue weighted by Gasteiger charge is -2.35. The van der Waals surface area contributed by atoms with Crippen molar-refractivity contribution in [2.24, 2.45) is 0 Å². The Hall–Kier alpha value is -1.62. The zero-order valence-electron chi connectivity index (χ0n) is 13.0. The van der Waals surface area contributed by atoms with E-state index in [4.69, 9.17) is 9.47 Å². The van der Waals surface area contributed by atoms with Gasteiger partial charge in [-0.2, -0.15) is 0 Å². The Balaban J connectivity index is 2.31. The van der Waals surface area contributed by atoms with Crippen LogP contribution in [0.15, 0.2) is 18.2 Å². The molecule has 0 saturated heterocycles. The van der Waals surface area contributed by atoms with Crippen molar-refractivity contribution < 1.29 is 18.7 Å². The monoisotopic (exact) mass is 295 g/mol. The van der Waals surface area contributed by atoms with Crippen molar-refractivity contribution in [3.05, 3.63) is 29.6 Å². The molecule has 0 fully saturated rings. The molecule has 0 N–H and O–H groups in total. The standard InChI is InChI=1S/C16H22FNO3/c1-16(2,3)21-15(19)18-8-7-11(10-20-4)13-9-12(17)5-6-14(13)18/h5-6,9,11H,7-8,10H2,1-4H3. The Kier molecular flexibility index (Phi) is 4.52. The van der Waals surface area contributed by atoms with Crippen molar-refractivity contribution in [1.82, 2.24) is 0 Å². The molecule has 0 spiro atoms. The number of methoxy groups -OCH3 is 1. The normalized spacial score (nSPS) is 18.3. The van der Waals surface area contributed by atoms with E-state index in [0.29, 0.717) is 18.8 Å². The smallest absolute Gasteiger partial charge is 0.414 e. The van der Waals surface area contributed by atoms with Crippen molar-refractivity contribution >= 4 is 11.8 Å². The fraction of sp³-hybridized carbons (Fsp3) is 0.562. The van der Waals surface area contributed by atoms with E-state index in [-0.39, 0.29) is 11.7 Å². The van der Waals surface area contributed by atoms with Crippen molar-refractivity contribution in [1.29, 1.82) is 0 Å². The van der Waals surface area contributed by atoms with Crippen LogP contribution in [0.5, 0.6) is 0 Å². The second-order valence-electron chi connectivity index (χ2n) is 6.28. The van der Waals surface area contributed by atoms with Crippen LogP contribution in [0.2, 0.25) is 0 Å². The van der Waals surface area contributed by atoms with Crippen LogP contribution in [-0.2, 0) is 9.47 Å². The van der Waals surface area contributed by atoms with E-state index in [2.05, 4.69) is 0 Å². The van der Waals surface area contributed by atoms with Crippen molar-refractivity contribution in [3.63, 3.8) is 0 Å². The third-order valence-corrected chi connectivity index (χ3v) is 3.40. The fourth-order valence-corrected chi connectivity index (χ4v) is 2.54. The van der Waals surface area contributed by atoms with Gasteiger partial charge in [-0.15, -0.1) is 0 Å². The topological polar surface area (TPSA) is 38.8 Å². The van der Waals surface area contributed by atoms with Gasteiger partial charge in [-0.1, -0.05) is 0 Å². The molecule has 1 aromatic rings. The lowest BCUT2D eigenvalue weighted by atomic mass is 9.90. The first-order chi connectivity index (χ1) is 9.81. The number of hydrogen-bond acceptors (Lipinski definition) is 3. The molecule has 1 unspecified atom stereocenters. The van der Waals surface area contributed by atoms with Crippen LogP contribution in [0.1, 0.15) is 38.7 Å². The molecular weight excluding hydrogens is 273 g/mol. The van der Waals surface area contributed by atoms with Crippen LogP contribution in [0, 0.1) is 5.82 Å². The maximum Gasteiger partial charge on any atom is 0.414 e. The molecule has 0 aromatic heterocycles. The number of benzene rings is 1. The largest absolute Gasteiger partial charge is 0.443 e. The highest BCUT2D eigenvalue weighted by Crippen LogP contribution is 2.36. The summed E-state index contributed by atoms with van der Waals surface area (Å²) < 4.78 is 24.2. The number of ether oxygens (including phenoxy) is 2. The number of amides is 1. The predicted octanol–water partition coefficient (Wildman–Crippen LogP) is 3.70. The van der Waals surface area contributed by atoms with Crippen LogP contribution in [0.4, 0.5) is 14.9 Å². The van der Waals surface area contributed by atoms with E-state index in [9.17, 15) is 9.18 Å². The molecule has 116 valence electrons. The van der Waals surface area contributed by atoms with E-state index >= 15 is 0 Å². The van der Waals surface area contributed by atoms with Crippen LogP contribution in [-0.4, -0.2) is 32.0 Å². The first kappa shape index (κ1) is 15.8. The van der Waals surface area contributed by atoms with Crippen molar-refractivity contribution in [2.45, 2.75) is 38.7 Å². The third-order valence-electron chi connectivity index (χ3n) is 3.40. The summed E-state index contributed by atoms with van der Waals surface area (Å²) in [5.74, 6) is -0.208. The SMILES string of the molecule is COCC1CCN(C(=O)OC(C)(C)C)c2ccc(F)cc21. The quantitative estimate of drug-likeness (QED) is 0.835. The molecule has 0 bridgehead atoms. The Morgan fingerprint density at radius 3 is 2.76 bits per heavy atom. The van der Waals surface area contributed by atoms with Crippen LogP contribution in [0.3, 0.4) is 0 Å². The van der Waals surface area contributed by atoms with Crippen molar-refractivity contribution in [2.75, 3.05) is 25.2 Å². The average Bonchev–Trinajstić information content (AvgIpc) is 2.37. The van der Waals surface area contributed by atoms with Gasteiger partial charge in [0.2, 0.25) is 0 Å². The summed E-state index contributed by atoms with van der Waals surface area (Å²) in [5.41, 5.74) is 0.952. The van der Waals surface area contributed by atoms with Gasteiger partial charge in [0, 0.05) is 19.6 Å². The number of halogens is 1. The zero-order chi connectivity index (χ0) is 15.6. The number of rotatable bonds is 2. The number of anilines is 1. The van der Waals surface area contributed by atoms with E-state index in [1.807, 2.05) is 20.8 Å². The fourth-order valence-electron chi connectivity index (χ4n) is 2.54. The molecule has 21 heavy (non-hydrogen) atoms. The molecule has 1 aliphatic heterocycles. The second-order valence-corrected chi connectivity index (χ2v) is 6.28. The van der Waals surface area contributed by atoms with Crippen LogP contribution < -0.4 is 4.90 Å². The van der Waals surface area contributed by atoms with Gasteiger partial charge in [0.15, 0.2) is 0 Å². The molecule has 4 nitrogen and oxygen atoms in total. The summed E-state index contributed by atoms with van der Waals surface area (Å²) in [6, 6.07) is 4.48. The summed E-state index contributed by atoms with van der Waals surface area (Å²) in [7, 11) is 1.62. The van der Waals surface area contributed by atoms with Gasteiger partial charge in [-0.3, -0.25) is 4.90 Å². The van der Waals surface area contributed by atoms with Crippen LogP contribution >= 0.6 is 0 Å². The third kappa shape index (κ3) is 3.73. The number of fused-ring (bicyclic) bond motifs is 1. The molecule has 0 saturated carbocycles. The van der Waals surface area contributed by atoms with E-state index in [1.54, 1.807) is 18.1 Å². The number of carbonyl (C=O) groups excluding carboxylic acids is 1. The minimum Gasteiger partial charge on any atom is -0.443 e. The summed E-state index contributed by atoms with van der Waals surface area (Å²) in [4.78, 5) is 13.9. The first-order valence-corrected chi connectivity index (χ1v) is 7.10. The number of carbonyl (C=O) groups is 1. The molecular formula is C16H22FNO3. The highest BCUT2D eigenvalue weighted by molar-refractivity contribution is 5.89. The molecule has 2 rings (SSSR count). The number of hydrogen-bond donors (Lipinski definition) is 0. The van der Waals surface area contributed by atoms with Gasteiger partial charge in [-0.25, -0.2) is 9.18 Å².